The van der Waals surface area contributed by atoms with Crippen LogP contribution in [0.25, 0.3) is 0 Å². The summed E-state index contributed by atoms with van der Waals surface area (Å²) in [5, 5.41) is 0. The molecule has 0 amide bonds. The topological polar surface area (TPSA) is 52.3 Å². The van der Waals surface area contributed by atoms with E-state index in [0.29, 0.717) is 13.0 Å². The smallest absolute Gasteiger partial charge is 0.305 e. The van der Waals surface area contributed by atoms with Crippen molar-refractivity contribution in [3.63, 3.8) is 0 Å². The molecule has 0 aromatic carbocycles. The molecule has 0 atom stereocenters. The van der Waals surface area contributed by atoms with Gasteiger partial charge in [0.15, 0.2) is 0 Å². The number of carbonyl (C=O) groups is 1. The van der Waals surface area contributed by atoms with Gasteiger partial charge in [0.25, 0.3) is 0 Å². The lowest BCUT2D eigenvalue weighted by molar-refractivity contribution is -0.143. The highest BCUT2D eigenvalue weighted by Crippen LogP contribution is 2.32. The number of hydrogen-bond donors (Lipinski definition) is 1. The first-order valence-corrected chi connectivity index (χ1v) is 5.68. The molecule has 0 spiro atoms. The van der Waals surface area contributed by atoms with Gasteiger partial charge in [0.05, 0.1) is 6.61 Å². The molecule has 82 valence electrons. The van der Waals surface area contributed by atoms with Crippen LogP contribution in [0, 0.1) is 5.92 Å². The fraction of sp³-hybridized carbons (Fsp3) is 0.909. The van der Waals surface area contributed by atoms with Crippen molar-refractivity contribution >= 4 is 5.97 Å². The van der Waals surface area contributed by atoms with Gasteiger partial charge in [-0.2, -0.15) is 0 Å². The Hall–Kier alpha value is -0.570. The first-order valence-electron chi connectivity index (χ1n) is 5.68. The summed E-state index contributed by atoms with van der Waals surface area (Å²) in [5.41, 5.74) is 5.35. The Labute approximate surface area is 86.0 Å². The molecule has 0 saturated heterocycles. The van der Waals surface area contributed by atoms with Crippen LogP contribution in [-0.4, -0.2) is 19.1 Å². The van der Waals surface area contributed by atoms with Crippen LogP contribution in [0.5, 0.6) is 0 Å². The molecule has 1 saturated carbocycles. The van der Waals surface area contributed by atoms with Crippen LogP contribution < -0.4 is 5.73 Å². The van der Waals surface area contributed by atoms with Crippen LogP contribution >= 0.6 is 0 Å². The molecule has 2 N–H and O–H groups in total. The minimum absolute atomic E-state index is 0.0392. The van der Waals surface area contributed by atoms with Crippen molar-refractivity contribution in [3.05, 3.63) is 0 Å². The van der Waals surface area contributed by atoms with Crippen LogP contribution in [0.1, 0.15) is 44.9 Å². The normalized spacial score (nSPS) is 15.5. The fourth-order valence-corrected chi connectivity index (χ4v) is 1.41. The van der Waals surface area contributed by atoms with E-state index in [9.17, 15) is 4.79 Å². The fourth-order valence-electron chi connectivity index (χ4n) is 1.41. The van der Waals surface area contributed by atoms with E-state index in [2.05, 4.69) is 0 Å². The van der Waals surface area contributed by atoms with Crippen LogP contribution in [0.4, 0.5) is 0 Å². The van der Waals surface area contributed by atoms with Gasteiger partial charge in [0.1, 0.15) is 0 Å². The maximum atomic E-state index is 11.2. The highest BCUT2D eigenvalue weighted by molar-refractivity contribution is 5.69. The summed E-state index contributed by atoms with van der Waals surface area (Å²) in [5.74, 6) is 0.808. The Kier molecular flexibility index (Phi) is 5.60. The maximum absolute atomic E-state index is 11.2. The third-order valence-electron chi connectivity index (χ3n) is 2.57. The van der Waals surface area contributed by atoms with Crippen molar-refractivity contribution in [2.24, 2.45) is 11.7 Å². The van der Waals surface area contributed by atoms with Gasteiger partial charge < -0.3 is 10.5 Å². The molecule has 1 rings (SSSR count). The molecule has 3 nitrogen and oxygen atoms in total. The average molecular weight is 199 g/mol. The van der Waals surface area contributed by atoms with Crippen molar-refractivity contribution in [1.82, 2.24) is 0 Å². The van der Waals surface area contributed by atoms with Gasteiger partial charge in [-0.15, -0.1) is 0 Å². The van der Waals surface area contributed by atoms with Gasteiger partial charge >= 0.3 is 5.97 Å². The predicted octanol–water partition coefficient (Wildman–Crippen LogP) is 1.85. The standard InChI is InChI=1S/C11H21NO2/c12-8-3-1-2-4-11(13)14-9-7-10-5-6-10/h10H,1-9,12H2. The SMILES string of the molecule is NCCCCCC(=O)OCCC1CC1. The molecule has 14 heavy (non-hydrogen) atoms. The summed E-state index contributed by atoms with van der Waals surface area (Å²) in [4.78, 5) is 11.2. The quantitative estimate of drug-likeness (QED) is 0.479. The zero-order chi connectivity index (χ0) is 10.2. The molecule has 1 aliphatic rings. The maximum Gasteiger partial charge on any atom is 0.305 e. The highest BCUT2D eigenvalue weighted by atomic mass is 16.5. The number of nitrogens with two attached hydrogens (primary N) is 1. The first-order chi connectivity index (χ1) is 6.83. The summed E-state index contributed by atoms with van der Waals surface area (Å²) < 4.78 is 5.10. The minimum atomic E-state index is -0.0392. The van der Waals surface area contributed by atoms with E-state index in [0.717, 1.165) is 38.1 Å². The third kappa shape index (κ3) is 5.97. The summed E-state index contributed by atoms with van der Waals surface area (Å²) in [6.45, 7) is 1.34. The Morgan fingerprint density at radius 3 is 2.71 bits per heavy atom. The van der Waals surface area contributed by atoms with E-state index in [1.807, 2.05) is 0 Å². The lowest BCUT2D eigenvalue weighted by Crippen LogP contribution is -2.06. The monoisotopic (exact) mass is 199 g/mol. The van der Waals surface area contributed by atoms with Crippen molar-refractivity contribution < 1.29 is 9.53 Å². The molecule has 0 heterocycles. The summed E-state index contributed by atoms with van der Waals surface area (Å²) in [6, 6.07) is 0. The average Bonchev–Trinajstić information content (AvgIpc) is 2.96. The summed E-state index contributed by atoms with van der Waals surface area (Å²) in [6.07, 6.45) is 7.24. The van der Waals surface area contributed by atoms with E-state index < -0.39 is 0 Å². The Morgan fingerprint density at radius 2 is 2.07 bits per heavy atom. The van der Waals surface area contributed by atoms with Gasteiger partial charge in [0.2, 0.25) is 0 Å². The molecule has 0 bridgehead atoms. The van der Waals surface area contributed by atoms with E-state index in [1.165, 1.54) is 12.8 Å². The van der Waals surface area contributed by atoms with E-state index in [4.69, 9.17) is 10.5 Å². The second-order valence-electron chi connectivity index (χ2n) is 4.05. The van der Waals surface area contributed by atoms with Crippen molar-refractivity contribution in [3.8, 4) is 0 Å². The predicted molar refractivity (Wildman–Crippen MR) is 55.8 cm³/mol. The molecule has 0 radical (unpaired) electrons. The van der Waals surface area contributed by atoms with E-state index in [-0.39, 0.29) is 5.97 Å². The molecule has 0 aromatic rings. The zero-order valence-electron chi connectivity index (χ0n) is 8.84. The number of rotatable bonds is 8. The number of esters is 1. The lowest BCUT2D eigenvalue weighted by Gasteiger charge is -2.03. The molecule has 0 aromatic heterocycles. The molecule has 3 heteroatoms. The number of carbonyl (C=O) groups excluding carboxylic acids is 1. The second-order valence-corrected chi connectivity index (χ2v) is 4.05. The van der Waals surface area contributed by atoms with Crippen LogP contribution in [0.15, 0.2) is 0 Å². The molecule has 1 aliphatic carbocycles. The van der Waals surface area contributed by atoms with Gasteiger partial charge in [-0.1, -0.05) is 19.3 Å². The van der Waals surface area contributed by atoms with Crippen LogP contribution in [0.3, 0.4) is 0 Å². The van der Waals surface area contributed by atoms with Gasteiger partial charge in [-0.05, 0) is 31.7 Å². The molecule has 0 aliphatic heterocycles. The van der Waals surface area contributed by atoms with E-state index in [1.54, 1.807) is 0 Å². The Bertz CT molecular complexity index is 167. The zero-order valence-corrected chi connectivity index (χ0v) is 8.84. The number of hydrogen-bond acceptors (Lipinski definition) is 3. The van der Waals surface area contributed by atoms with Gasteiger partial charge in [-0.3, -0.25) is 4.79 Å². The summed E-state index contributed by atoms with van der Waals surface area (Å²) in [7, 11) is 0. The van der Waals surface area contributed by atoms with Crippen molar-refractivity contribution in [2.45, 2.75) is 44.9 Å². The van der Waals surface area contributed by atoms with Crippen LogP contribution in [-0.2, 0) is 9.53 Å². The molecular formula is C11H21NO2. The number of ether oxygens (including phenoxy) is 1. The Morgan fingerprint density at radius 1 is 1.29 bits per heavy atom. The van der Waals surface area contributed by atoms with Crippen molar-refractivity contribution in [2.75, 3.05) is 13.2 Å². The van der Waals surface area contributed by atoms with Crippen molar-refractivity contribution in [1.29, 1.82) is 0 Å². The largest absolute Gasteiger partial charge is 0.466 e. The Balaban J connectivity index is 1.82. The second kappa shape index (κ2) is 6.82. The first kappa shape index (κ1) is 11.5. The van der Waals surface area contributed by atoms with E-state index >= 15 is 0 Å². The van der Waals surface area contributed by atoms with Crippen LogP contribution in [0.2, 0.25) is 0 Å². The highest BCUT2D eigenvalue weighted by Gasteiger charge is 2.20. The molecular weight excluding hydrogens is 178 g/mol. The van der Waals surface area contributed by atoms with Gasteiger partial charge in [-0.25, -0.2) is 0 Å². The molecule has 0 unspecified atom stereocenters. The minimum Gasteiger partial charge on any atom is -0.466 e. The van der Waals surface area contributed by atoms with Gasteiger partial charge in [0, 0.05) is 6.42 Å². The lowest BCUT2D eigenvalue weighted by atomic mass is 10.2. The third-order valence-corrected chi connectivity index (χ3v) is 2.57. The number of unbranched alkanes of at least 4 members (excludes halogenated alkanes) is 2. The molecule has 1 fully saturated rings. The summed E-state index contributed by atoms with van der Waals surface area (Å²) >= 11 is 0.